The minimum atomic E-state index is 0.223. The van der Waals surface area contributed by atoms with Crippen LogP contribution in [0, 0.1) is 5.92 Å². The lowest BCUT2D eigenvalue weighted by Gasteiger charge is -2.31. The molecule has 1 atom stereocenters. The molecule has 3 rings (SSSR count). The Hall–Kier alpha value is -2.44. The van der Waals surface area contributed by atoms with Gasteiger partial charge in [-0.2, -0.15) is 0 Å². The van der Waals surface area contributed by atoms with Gasteiger partial charge in [0.15, 0.2) is 17.5 Å². The first kappa shape index (κ1) is 19.3. The molecule has 7 heteroatoms. The van der Waals surface area contributed by atoms with E-state index in [1.165, 1.54) is 6.42 Å². The number of ether oxygens (including phenoxy) is 2. The number of nitrogens with one attached hydrogen (secondary N) is 2. The Balaban J connectivity index is 1.48. The van der Waals surface area contributed by atoms with Gasteiger partial charge in [0.1, 0.15) is 0 Å². The fraction of sp³-hybridized carbons (Fsp3) is 0.600. The molecular weight excluding hydrogens is 344 g/mol. The average Bonchev–Trinajstić information content (AvgIpc) is 3.13. The SMILES string of the molecule is CCNC(=NCc1ccc2c(c1)OCO2)NCCC(=O)N1CCCC(C)C1. The lowest BCUT2D eigenvalue weighted by Crippen LogP contribution is -2.42. The molecule has 1 aromatic rings. The second kappa shape index (κ2) is 9.48. The van der Waals surface area contributed by atoms with E-state index in [0.29, 0.717) is 25.4 Å². The van der Waals surface area contributed by atoms with Gasteiger partial charge < -0.3 is 25.0 Å². The van der Waals surface area contributed by atoms with Crippen LogP contribution in [0.25, 0.3) is 0 Å². The molecular formula is C20H30N4O3. The second-order valence-corrected chi connectivity index (χ2v) is 7.15. The van der Waals surface area contributed by atoms with E-state index in [9.17, 15) is 4.79 Å². The number of carbonyl (C=O) groups is 1. The second-order valence-electron chi connectivity index (χ2n) is 7.15. The molecule has 1 fully saturated rings. The number of benzene rings is 1. The summed E-state index contributed by atoms with van der Waals surface area (Å²) >= 11 is 0. The van der Waals surface area contributed by atoms with Crippen LogP contribution in [0.3, 0.4) is 0 Å². The summed E-state index contributed by atoms with van der Waals surface area (Å²) in [6.07, 6.45) is 2.82. The summed E-state index contributed by atoms with van der Waals surface area (Å²) in [6.45, 7) is 8.17. The number of aliphatic imine (C=N–C) groups is 1. The van der Waals surface area contributed by atoms with Gasteiger partial charge >= 0.3 is 0 Å². The molecule has 1 amide bonds. The summed E-state index contributed by atoms with van der Waals surface area (Å²) in [5.41, 5.74) is 1.05. The highest BCUT2D eigenvalue weighted by Crippen LogP contribution is 2.32. The van der Waals surface area contributed by atoms with Gasteiger partial charge in [-0.3, -0.25) is 4.79 Å². The molecule has 1 aromatic carbocycles. The summed E-state index contributed by atoms with van der Waals surface area (Å²) in [5, 5.41) is 6.48. The zero-order chi connectivity index (χ0) is 19.1. The number of hydrogen-bond acceptors (Lipinski definition) is 4. The Kier molecular flexibility index (Phi) is 6.79. The number of amides is 1. The lowest BCUT2D eigenvalue weighted by atomic mass is 10.00. The molecule has 0 aliphatic carbocycles. The van der Waals surface area contributed by atoms with Crippen LogP contribution in [0.15, 0.2) is 23.2 Å². The summed E-state index contributed by atoms with van der Waals surface area (Å²) in [6, 6.07) is 5.85. The molecule has 2 heterocycles. The molecule has 0 saturated carbocycles. The molecule has 1 saturated heterocycles. The summed E-state index contributed by atoms with van der Waals surface area (Å²) in [5.74, 6) is 3.09. The van der Waals surface area contributed by atoms with E-state index in [1.54, 1.807) is 0 Å². The fourth-order valence-electron chi connectivity index (χ4n) is 3.41. The minimum absolute atomic E-state index is 0.223. The Morgan fingerprint density at radius 1 is 1.30 bits per heavy atom. The van der Waals surface area contributed by atoms with Gasteiger partial charge in [0.25, 0.3) is 0 Å². The Bertz CT molecular complexity index is 677. The standard InChI is InChI=1S/C20H30N4O3/c1-3-21-20(22-9-8-19(25)24-10-4-5-15(2)13-24)23-12-16-6-7-17-18(11-16)27-14-26-17/h6-7,11,15H,3-5,8-10,12-14H2,1-2H3,(H2,21,22,23). The number of nitrogens with zero attached hydrogens (tertiary/aromatic N) is 2. The zero-order valence-corrected chi connectivity index (χ0v) is 16.3. The number of hydrogen-bond donors (Lipinski definition) is 2. The lowest BCUT2D eigenvalue weighted by molar-refractivity contribution is -0.132. The van der Waals surface area contributed by atoms with Crippen molar-refractivity contribution in [3.05, 3.63) is 23.8 Å². The van der Waals surface area contributed by atoms with Gasteiger partial charge in [-0.05, 0) is 43.4 Å². The molecule has 27 heavy (non-hydrogen) atoms. The van der Waals surface area contributed by atoms with E-state index in [4.69, 9.17) is 9.47 Å². The van der Waals surface area contributed by atoms with E-state index >= 15 is 0 Å². The van der Waals surface area contributed by atoms with Crippen molar-refractivity contribution in [2.75, 3.05) is 33.0 Å². The van der Waals surface area contributed by atoms with Crippen LogP contribution in [0.4, 0.5) is 0 Å². The van der Waals surface area contributed by atoms with Crippen LogP contribution >= 0.6 is 0 Å². The van der Waals surface area contributed by atoms with E-state index in [-0.39, 0.29) is 12.7 Å². The van der Waals surface area contributed by atoms with Gasteiger partial charge in [0.05, 0.1) is 6.54 Å². The molecule has 0 spiro atoms. The first-order chi connectivity index (χ1) is 13.2. The van der Waals surface area contributed by atoms with E-state index < -0.39 is 0 Å². The smallest absolute Gasteiger partial charge is 0.231 e. The molecule has 0 bridgehead atoms. The van der Waals surface area contributed by atoms with Crippen LogP contribution in [0.1, 0.15) is 38.7 Å². The number of likely N-dealkylation sites (tertiary alicyclic amines) is 1. The number of fused-ring (bicyclic) bond motifs is 1. The summed E-state index contributed by atoms with van der Waals surface area (Å²) in [7, 11) is 0. The molecule has 7 nitrogen and oxygen atoms in total. The van der Waals surface area contributed by atoms with Gasteiger partial charge in [-0.25, -0.2) is 4.99 Å². The third-order valence-electron chi connectivity index (χ3n) is 4.84. The van der Waals surface area contributed by atoms with Crippen LogP contribution in [0.5, 0.6) is 11.5 Å². The van der Waals surface area contributed by atoms with Crippen molar-refractivity contribution in [2.45, 2.75) is 39.7 Å². The van der Waals surface area contributed by atoms with Gasteiger partial charge in [0.2, 0.25) is 12.7 Å². The van der Waals surface area contributed by atoms with Crippen molar-refractivity contribution in [1.29, 1.82) is 0 Å². The largest absolute Gasteiger partial charge is 0.454 e. The maximum Gasteiger partial charge on any atom is 0.231 e. The highest BCUT2D eigenvalue weighted by Gasteiger charge is 2.20. The maximum absolute atomic E-state index is 12.4. The van der Waals surface area contributed by atoms with Crippen molar-refractivity contribution in [3.63, 3.8) is 0 Å². The number of piperidine rings is 1. The van der Waals surface area contributed by atoms with Gasteiger partial charge in [-0.1, -0.05) is 13.0 Å². The molecule has 0 aromatic heterocycles. The van der Waals surface area contributed by atoms with Crippen molar-refractivity contribution in [3.8, 4) is 11.5 Å². The third-order valence-corrected chi connectivity index (χ3v) is 4.84. The topological polar surface area (TPSA) is 75.2 Å². The molecule has 2 N–H and O–H groups in total. The minimum Gasteiger partial charge on any atom is -0.454 e. The van der Waals surface area contributed by atoms with Gasteiger partial charge in [0, 0.05) is 32.6 Å². The monoisotopic (exact) mass is 374 g/mol. The maximum atomic E-state index is 12.4. The first-order valence-corrected chi connectivity index (χ1v) is 9.84. The molecule has 2 aliphatic rings. The normalized spacial score (nSPS) is 19.1. The van der Waals surface area contributed by atoms with Crippen molar-refractivity contribution in [1.82, 2.24) is 15.5 Å². The van der Waals surface area contributed by atoms with E-state index in [1.807, 2.05) is 30.0 Å². The summed E-state index contributed by atoms with van der Waals surface area (Å²) < 4.78 is 10.7. The molecule has 1 unspecified atom stereocenters. The van der Waals surface area contributed by atoms with Gasteiger partial charge in [-0.15, -0.1) is 0 Å². The van der Waals surface area contributed by atoms with Crippen LogP contribution in [-0.4, -0.2) is 49.7 Å². The van der Waals surface area contributed by atoms with E-state index in [2.05, 4.69) is 22.5 Å². The van der Waals surface area contributed by atoms with Crippen molar-refractivity contribution >= 4 is 11.9 Å². The quantitative estimate of drug-likeness (QED) is 0.589. The van der Waals surface area contributed by atoms with Crippen LogP contribution in [-0.2, 0) is 11.3 Å². The highest BCUT2D eigenvalue weighted by atomic mass is 16.7. The van der Waals surface area contributed by atoms with E-state index in [0.717, 1.165) is 49.1 Å². The number of rotatable bonds is 6. The van der Waals surface area contributed by atoms with Crippen LogP contribution in [0.2, 0.25) is 0 Å². The first-order valence-electron chi connectivity index (χ1n) is 9.84. The molecule has 2 aliphatic heterocycles. The third kappa shape index (κ3) is 5.52. The number of carbonyl (C=O) groups excluding carboxylic acids is 1. The summed E-state index contributed by atoms with van der Waals surface area (Å²) in [4.78, 5) is 19.0. The predicted molar refractivity (Wildman–Crippen MR) is 105 cm³/mol. The predicted octanol–water partition coefficient (Wildman–Crippen LogP) is 2.12. The fourth-order valence-corrected chi connectivity index (χ4v) is 3.41. The average molecular weight is 374 g/mol. The Morgan fingerprint density at radius 3 is 2.96 bits per heavy atom. The van der Waals surface area contributed by atoms with Crippen LogP contribution < -0.4 is 20.1 Å². The molecule has 0 radical (unpaired) electrons. The zero-order valence-electron chi connectivity index (χ0n) is 16.3. The number of guanidine groups is 1. The van der Waals surface area contributed by atoms with Crippen molar-refractivity contribution < 1.29 is 14.3 Å². The van der Waals surface area contributed by atoms with Crippen molar-refractivity contribution in [2.24, 2.45) is 10.9 Å². The Labute approximate surface area is 161 Å². The highest BCUT2D eigenvalue weighted by molar-refractivity contribution is 5.81. The molecule has 148 valence electrons. The Morgan fingerprint density at radius 2 is 2.15 bits per heavy atom.